The highest BCUT2D eigenvalue weighted by Gasteiger charge is 2.39. The van der Waals surface area contributed by atoms with Crippen molar-refractivity contribution in [3.63, 3.8) is 0 Å². The van der Waals surface area contributed by atoms with Crippen LogP contribution in [-0.2, 0) is 6.42 Å². The Balaban J connectivity index is 2.34. The zero-order valence-corrected chi connectivity index (χ0v) is 9.27. The van der Waals surface area contributed by atoms with Crippen LogP contribution >= 0.6 is 11.6 Å². The van der Waals surface area contributed by atoms with Crippen LogP contribution in [0.1, 0.15) is 18.4 Å². The van der Waals surface area contributed by atoms with Gasteiger partial charge in [-0.05, 0) is 30.9 Å². The third-order valence-corrected chi connectivity index (χ3v) is 3.06. The van der Waals surface area contributed by atoms with Crippen molar-refractivity contribution in [3.8, 4) is 5.75 Å². The number of ether oxygens (including phenoxy) is 1. The van der Waals surface area contributed by atoms with Gasteiger partial charge in [0.2, 0.25) is 0 Å². The highest BCUT2D eigenvalue weighted by atomic mass is 35.5. The quantitative estimate of drug-likeness (QED) is 0.865. The Morgan fingerprint density at radius 1 is 1.53 bits per heavy atom. The summed E-state index contributed by atoms with van der Waals surface area (Å²) in [6.45, 7) is 0. The minimum atomic E-state index is -0.499. The minimum Gasteiger partial charge on any atom is -0.493 e. The first-order chi connectivity index (χ1) is 7.06. The molecule has 1 fully saturated rings. The number of halogens is 2. The molecule has 15 heavy (non-hydrogen) atoms. The summed E-state index contributed by atoms with van der Waals surface area (Å²) in [6.07, 6.45) is 2.62. The minimum absolute atomic E-state index is 0.0810. The Morgan fingerprint density at radius 3 is 2.73 bits per heavy atom. The Hall–Kier alpha value is -0.800. The first-order valence-corrected chi connectivity index (χ1v) is 5.23. The largest absolute Gasteiger partial charge is 0.493 e. The summed E-state index contributed by atoms with van der Waals surface area (Å²) in [4.78, 5) is 0. The average Bonchev–Trinajstić information content (AvgIpc) is 2.91. The second-order valence-electron chi connectivity index (χ2n) is 4.09. The molecule has 4 heteroatoms. The van der Waals surface area contributed by atoms with Crippen LogP contribution in [0, 0.1) is 5.82 Å². The number of nitrogens with two attached hydrogens (primary N) is 1. The van der Waals surface area contributed by atoms with Gasteiger partial charge in [0.05, 0.1) is 12.1 Å². The molecule has 1 aromatic rings. The van der Waals surface area contributed by atoms with Gasteiger partial charge in [0.1, 0.15) is 0 Å². The first kappa shape index (κ1) is 10.7. The van der Waals surface area contributed by atoms with E-state index in [1.54, 1.807) is 12.1 Å². The molecule has 2 N–H and O–H groups in total. The van der Waals surface area contributed by atoms with Crippen molar-refractivity contribution >= 4 is 11.6 Å². The lowest BCUT2D eigenvalue weighted by Crippen LogP contribution is -2.24. The maximum Gasteiger partial charge on any atom is 0.183 e. The van der Waals surface area contributed by atoms with E-state index in [-0.39, 0.29) is 16.3 Å². The van der Waals surface area contributed by atoms with E-state index in [1.165, 1.54) is 7.11 Å². The average molecular weight is 230 g/mol. The third-order valence-electron chi connectivity index (χ3n) is 2.77. The van der Waals surface area contributed by atoms with Crippen LogP contribution in [0.15, 0.2) is 12.1 Å². The number of rotatable bonds is 3. The summed E-state index contributed by atoms with van der Waals surface area (Å²) in [6, 6.07) is 3.32. The predicted octanol–water partition coefficient (Wildman–Crippen LogP) is 2.52. The maximum atomic E-state index is 13.6. The SMILES string of the molecule is COc1c(CC2(N)CC2)ccc(Cl)c1F. The van der Waals surface area contributed by atoms with Crippen LogP contribution in [0.25, 0.3) is 0 Å². The van der Waals surface area contributed by atoms with Crippen LogP contribution in [0.4, 0.5) is 4.39 Å². The smallest absolute Gasteiger partial charge is 0.183 e. The Kier molecular flexibility index (Phi) is 2.61. The Labute approximate surface area is 93.2 Å². The summed E-state index contributed by atoms with van der Waals surface area (Å²) in [7, 11) is 1.44. The number of hydrogen-bond acceptors (Lipinski definition) is 2. The molecular weight excluding hydrogens is 217 g/mol. The van der Waals surface area contributed by atoms with Gasteiger partial charge >= 0.3 is 0 Å². The van der Waals surface area contributed by atoms with Gasteiger partial charge in [0.25, 0.3) is 0 Å². The fraction of sp³-hybridized carbons (Fsp3) is 0.455. The van der Waals surface area contributed by atoms with E-state index < -0.39 is 5.82 Å². The molecule has 0 unspecified atom stereocenters. The molecular formula is C11H13ClFNO. The highest BCUT2D eigenvalue weighted by Crippen LogP contribution is 2.39. The van der Waals surface area contributed by atoms with E-state index in [4.69, 9.17) is 22.1 Å². The summed E-state index contributed by atoms with van der Waals surface area (Å²) >= 11 is 5.67. The molecule has 0 aliphatic heterocycles. The number of methoxy groups -OCH3 is 1. The Morgan fingerprint density at radius 2 is 2.20 bits per heavy atom. The van der Waals surface area contributed by atoms with E-state index >= 15 is 0 Å². The van der Waals surface area contributed by atoms with Gasteiger partial charge in [-0.2, -0.15) is 0 Å². The topological polar surface area (TPSA) is 35.2 Å². The van der Waals surface area contributed by atoms with Gasteiger partial charge in [0.15, 0.2) is 11.6 Å². The lowest BCUT2D eigenvalue weighted by Gasteiger charge is -2.13. The zero-order valence-electron chi connectivity index (χ0n) is 8.52. The number of hydrogen-bond donors (Lipinski definition) is 1. The van der Waals surface area contributed by atoms with Crippen LogP contribution < -0.4 is 10.5 Å². The first-order valence-electron chi connectivity index (χ1n) is 4.85. The highest BCUT2D eigenvalue weighted by molar-refractivity contribution is 6.30. The molecule has 82 valence electrons. The lowest BCUT2D eigenvalue weighted by molar-refractivity contribution is 0.379. The monoisotopic (exact) mass is 229 g/mol. The molecule has 0 heterocycles. The van der Waals surface area contributed by atoms with Gasteiger partial charge in [-0.1, -0.05) is 17.7 Å². The molecule has 0 saturated heterocycles. The molecule has 1 saturated carbocycles. The molecule has 0 radical (unpaired) electrons. The molecule has 0 bridgehead atoms. The van der Waals surface area contributed by atoms with Crippen LogP contribution in [0.5, 0.6) is 5.75 Å². The zero-order chi connectivity index (χ0) is 11.1. The normalized spacial score (nSPS) is 17.6. The van der Waals surface area contributed by atoms with Crippen molar-refractivity contribution in [1.29, 1.82) is 0 Å². The fourth-order valence-corrected chi connectivity index (χ4v) is 1.80. The van der Waals surface area contributed by atoms with Crippen LogP contribution in [-0.4, -0.2) is 12.6 Å². The Bertz CT molecular complexity index is 390. The molecule has 0 aromatic heterocycles. The van der Waals surface area contributed by atoms with Gasteiger partial charge in [-0.3, -0.25) is 0 Å². The van der Waals surface area contributed by atoms with E-state index in [0.717, 1.165) is 18.4 Å². The van der Waals surface area contributed by atoms with E-state index in [0.29, 0.717) is 6.42 Å². The van der Waals surface area contributed by atoms with Crippen molar-refractivity contribution in [1.82, 2.24) is 0 Å². The second kappa shape index (κ2) is 3.65. The maximum absolute atomic E-state index is 13.6. The van der Waals surface area contributed by atoms with Crippen LogP contribution in [0.3, 0.4) is 0 Å². The van der Waals surface area contributed by atoms with Crippen LogP contribution in [0.2, 0.25) is 5.02 Å². The molecule has 0 spiro atoms. The summed E-state index contributed by atoms with van der Waals surface area (Å²) in [5.41, 5.74) is 6.61. The van der Waals surface area contributed by atoms with Crippen molar-refractivity contribution in [3.05, 3.63) is 28.5 Å². The van der Waals surface area contributed by atoms with E-state index in [2.05, 4.69) is 0 Å². The molecule has 1 aromatic carbocycles. The van der Waals surface area contributed by atoms with Gasteiger partial charge < -0.3 is 10.5 Å². The summed E-state index contributed by atoms with van der Waals surface area (Å²) < 4.78 is 18.6. The second-order valence-corrected chi connectivity index (χ2v) is 4.50. The van der Waals surface area contributed by atoms with Crippen molar-refractivity contribution in [2.45, 2.75) is 24.8 Å². The predicted molar refractivity (Wildman–Crippen MR) is 57.8 cm³/mol. The van der Waals surface area contributed by atoms with Crippen molar-refractivity contribution < 1.29 is 9.13 Å². The van der Waals surface area contributed by atoms with Crippen molar-refractivity contribution in [2.75, 3.05) is 7.11 Å². The van der Waals surface area contributed by atoms with Crippen molar-refractivity contribution in [2.24, 2.45) is 5.73 Å². The molecule has 1 aliphatic rings. The molecule has 2 nitrogen and oxygen atoms in total. The third kappa shape index (κ3) is 2.08. The summed E-state index contributed by atoms with van der Waals surface area (Å²) in [5.74, 6) is -0.278. The molecule has 2 rings (SSSR count). The molecule has 0 atom stereocenters. The molecule has 1 aliphatic carbocycles. The lowest BCUT2D eigenvalue weighted by atomic mass is 10.0. The van der Waals surface area contributed by atoms with E-state index in [1.807, 2.05) is 0 Å². The molecule has 0 amide bonds. The van der Waals surface area contributed by atoms with Gasteiger partial charge in [-0.15, -0.1) is 0 Å². The van der Waals surface area contributed by atoms with E-state index in [9.17, 15) is 4.39 Å². The number of benzene rings is 1. The van der Waals surface area contributed by atoms with Gasteiger partial charge in [0, 0.05) is 5.54 Å². The summed E-state index contributed by atoms with van der Waals surface area (Å²) in [5, 5.41) is 0.0810. The standard InChI is InChI=1S/C11H13ClFNO/c1-15-10-7(6-11(14)4-5-11)2-3-8(12)9(10)13/h2-3H,4-6,14H2,1H3. The van der Waals surface area contributed by atoms with Gasteiger partial charge in [-0.25, -0.2) is 4.39 Å². The fourth-order valence-electron chi connectivity index (χ4n) is 1.65.